The highest BCUT2D eigenvalue weighted by Gasteiger charge is 2.16. The van der Waals surface area contributed by atoms with Gasteiger partial charge in [0, 0.05) is 12.3 Å². The molecule has 1 aromatic heterocycles. The minimum absolute atomic E-state index is 0.0862. The number of hydrogen-bond donors (Lipinski definition) is 0. The van der Waals surface area contributed by atoms with Crippen LogP contribution in [0.1, 0.15) is 5.56 Å². The van der Waals surface area contributed by atoms with Gasteiger partial charge >= 0.3 is 10.1 Å². The number of hydrogen-bond acceptors (Lipinski definition) is 4. The lowest BCUT2D eigenvalue weighted by molar-refractivity contribution is 0.485. The molecule has 18 heavy (non-hydrogen) atoms. The van der Waals surface area contributed by atoms with Crippen molar-refractivity contribution < 1.29 is 12.6 Å². The van der Waals surface area contributed by atoms with E-state index in [1.54, 1.807) is 12.1 Å². The van der Waals surface area contributed by atoms with Crippen LogP contribution in [-0.4, -0.2) is 13.4 Å². The number of nitrogens with zero attached hydrogens (tertiary/aromatic N) is 1. The van der Waals surface area contributed by atoms with E-state index in [0.29, 0.717) is 5.02 Å². The molecule has 1 aromatic carbocycles. The fourth-order valence-electron chi connectivity index (χ4n) is 1.32. The van der Waals surface area contributed by atoms with E-state index in [2.05, 4.69) is 4.98 Å². The fourth-order valence-corrected chi connectivity index (χ4v) is 2.39. The Balaban J connectivity index is 2.30. The summed E-state index contributed by atoms with van der Waals surface area (Å²) in [6, 6.07) is 7.77. The average Bonchev–Trinajstić information content (AvgIpc) is 2.29. The maximum atomic E-state index is 11.9. The third kappa shape index (κ3) is 3.00. The van der Waals surface area contributed by atoms with Crippen molar-refractivity contribution in [2.75, 3.05) is 0 Å². The highest BCUT2D eigenvalue weighted by atomic mass is 35.5. The van der Waals surface area contributed by atoms with Crippen LogP contribution in [0.5, 0.6) is 5.75 Å². The second-order valence-electron chi connectivity index (χ2n) is 3.69. The van der Waals surface area contributed by atoms with Gasteiger partial charge < -0.3 is 4.18 Å². The number of rotatable bonds is 3. The Kier molecular flexibility index (Phi) is 3.54. The molecule has 2 rings (SSSR count). The molecule has 0 bridgehead atoms. The number of aryl methyl sites for hydroxylation is 1. The molecule has 0 aliphatic rings. The first-order valence-electron chi connectivity index (χ1n) is 5.09. The van der Waals surface area contributed by atoms with Gasteiger partial charge in [0.25, 0.3) is 0 Å². The molecule has 0 atom stereocenters. The van der Waals surface area contributed by atoms with Gasteiger partial charge in [0.2, 0.25) is 0 Å². The summed E-state index contributed by atoms with van der Waals surface area (Å²) in [5.74, 6) is 0.0862. The van der Waals surface area contributed by atoms with E-state index in [-0.39, 0.29) is 10.6 Å². The molecule has 0 aliphatic carbocycles. The van der Waals surface area contributed by atoms with Crippen LogP contribution in [0.3, 0.4) is 0 Å². The number of pyridine rings is 1. The van der Waals surface area contributed by atoms with Crippen LogP contribution < -0.4 is 4.18 Å². The quantitative estimate of drug-likeness (QED) is 0.813. The minimum Gasteiger partial charge on any atom is -0.377 e. The zero-order chi connectivity index (χ0) is 13.2. The Hall–Kier alpha value is -1.59. The standard InChI is InChI=1S/C12H10ClNO3S/c1-9-2-4-12(5-3-9)18(15,16)17-11-6-10(13)7-14-8-11/h2-8H,1H3. The largest absolute Gasteiger partial charge is 0.377 e. The van der Waals surface area contributed by atoms with Gasteiger partial charge in [0.1, 0.15) is 4.90 Å². The van der Waals surface area contributed by atoms with Gasteiger partial charge in [-0.2, -0.15) is 8.42 Å². The molecular formula is C12H10ClNO3S. The molecule has 0 N–H and O–H groups in total. The molecule has 0 fully saturated rings. The van der Waals surface area contributed by atoms with E-state index in [4.69, 9.17) is 15.8 Å². The van der Waals surface area contributed by atoms with Crippen LogP contribution >= 0.6 is 11.6 Å². The Labute approximate surface area is 110 Å². The highest BCUT2D eigenvalue weighted by molar-refractivity contribution is 7.87. The zero-order valence-electron chi connectivity index (χ0n) is 9.50. The lowest BCUT2D eigenvalue weighted by Gasteiger charge is -2.06. The van der Waals surface area contributed by atoms with Crippen molar-refractivity contribution in [2.45, 2.75) is 11.8 Å². The molecular weight excluding hydrogens is 274 g/mol. The molecule has 0 saturated carbocycles. The highest BCUT2D eigenvalue weighted by Crippen LogP contribution is 2.20. The van der Waals surface area contributed by atoms with E-state index in [0.717, 1.165) is 5.56 Å². The monoisotopic (exact) mass is 283 g/mol. The molecule has 0 saturated heterocycles. The predicted molar refractivity (Wildman–Crippen MR) is 68.2 cm³/mol. The first-order valence-corrected chi connectivity index (χ1v) is 6.88. The number of benzene rings is 1. The van der Waals surface area contributed by atoms with Crippen LogP contribution in [0.15, 0.2) is 47.6 Å². The summed E-state index contributed by atoms with van der Waals surface area (Å²) in [4.78, 5) is 3.85. The van der Waals surface area contributed by atoms with Gasteiger partial charge in [-0.3, -0.25) is 4.98 Å². The lowest BCUT2D eigenvalue weighted by atomic mass is 10.2. The van der Waals surface area contributed by atoms with Crippen LogP contribution in [0.4, 0.5) is 0 Å². The minimum atomic E-state index is -3.85. The normalized spacial score (nSPS) is 11.2. The Morgan fingerprint density at radius 1 is 1.17 bits per heavy atom. The fraction of sp³-hybridized carbons (Fsp3) is 0.0833. The second-order valence-corrected chi connectivity index (χ2v) is 5.67. The average molecular weight is 284 g/mol. The van der Waals surface area contributed by atoms with Crippen molar-refractivity contribution in [3.63, 3.8) is 0 Å². The third-order valence-corrected chi connectivity index (χ3v) is 3.66. The van der Waals surface area contributed by atoms with Crippen LogP contribution in [0.2, 0.25) is 5.02 Å². The van der Waals surface area contributed by atoms with E-state index < -0.39 is 10.1 Å². The van der Waals surface area contributed by atoms with Gasteiger partial charge in [0.15, 0.2) is 5.75 Å². The summed E-state index contributed by atoms with van der Waals surface area (Å²) >= 11 is 5.70. The first-order chi connectivity index (χ1) is 8.47. The smallest absolute Gasteiger partial charge is 0.339 e. The van der Waals surface area contributed by atoms with Crippen molar-refractivity contribution in [1.29, 1.82) is 0 Å². The zero-order valence-corrected chi connectivity index (χ0v) is 11.1. The van der Waals surface area contributed by atoms with Crippen molar-refractivity contribution in [1.82, 2.24) is 4.98 Å². The van der Waals surface area contributed by atoms with Crippen LogP contribution in [0.25, 0.3) is 0 Å². The topological polar surface area (TPSA) is 56.3 Å². The summed E-state index contributed by atoms with van der Waals surface area (Å²) < 4.78 is 28.8. The maximum absolute atomic E-state index is 11.9. The predicted octanol–water partition coefficient (Wildman–Crippen LogP) is 2.81. The molecule has 1 heterocycles. The summed E-state index contributed by atoms with van der Waals surface area (Å²) in [5.41, 5.74) is 0.971. The Morgan fingerprint density at radius 2 is 1.83 bits per heavy atom. The van der Waals surface area contributed by atoms with Crippen molar-refractivity contribution in [2.24, 2.45) is 0 Å². The van der Waals surface area contributed by atoms with Crippen molar-refractivity contribution >= 4 is 21.7 Å². The molecule has 0 amide bonds. The Morgan fingerprint density at radius 3 is 2.44 bits per heavy atom. The van der Waals surface area contributed by atoms with Crippen molar-refractivity contribution in [3.8, 4) is 5.75 Å². The van der Waals surface area contributed by atoms with Gasteiger partial charge in [-0.05, 0) is 19.1 Å². The van der Waals surface area contributed by atoms with Crippen LogP contribution in [0, 0.1) is 6.92 Å². The third-order valence-electron chi connectivity index (χ3n) is 2.20. The number of halogens is 1. The summed E-state index contributed by atoms with van der Waals surface area (Å²) in [7, 11) is -3.85. The van der Waals surface area contributed by atoms with Gasteiger partial charge in [-0.1, -0.05) is 29.3 Å². The molecule has 4 nitrogen and oxygen atoms in total. The Bertz CT molecular complexity index is 653. The van der Waals surface area contributed by atoms with Gasteiger partial charge in [-0.25, -0.2) is 0 Å². The molecule has 2 aromatic rings. The summed E-state index contributed by atoms with van der Waals surface area (Å²) in [5, 5.41) is 0.312. The van der Waals surface area contributed by atoms with Gasteiger partial charge in [-0.15, -0.1) is 0 Å². The number of aromatic nitrogens is 1. The second kappa shape index (κ2) is 4.96. The maximum Gasteiger partial charge on any atom is 0.339 e. The van der Waals surface area contributed by atoms with E-state index in [1.807, 2.05) is 6.92 Å². The van der Waals surface area contributed by atoms with E-state index in [9.17, 15) is 8.42 Å². The lowest BCUT2D eigenvalue weighted by Crippen LogP contribution is -2.09. The molecule has 0 aliphatic heterocycles. The van der Waals surface area contributed by atoms with Gasteiger partial charge in [0.05, 0.1) is 11.2 Å². The summed E-state index contributed by atoms with van der Waals surface area (Å²) in [6.07, 6.45) is 2.69. The van der Waals surface area contributed by atoms with Crippen molar-refractivity contribution in [3.05, 3.63) is 53.3 Å². The summed E-state index contributed by atoms with van der Waals surface area (Å²) in [6.45, 7) is 1.87. The first kappa shape index (κ1) is 12.9. The van der Waals surface area contributed by atoms with E-state index >= 15 is 0 Å². The molecule has 0 radical (unpaired) electrons. The molecule has 94 valence electrons. The van der Waals surface area contributed by atoms with E-state index in [1.165, 1.54) is 30.6 Å². The molecule has 0 unspecified atom stereocenters. The SMILES string of the molecule is Cc1ccc(S(=O)(=O)Oc2cncc(Cl)c2)cc1. The molecule has 0 spiro atoms. The molecule has 6 heteroatoms. The van der Waals surface area contributed by atoms with Crippen LogP contribution in [-0.2, 0) is 10.1 Å².